The Balaban J connectivity index is 1.50. The number of hydrazone groups is 1. The van der Waals surface area contributed by atoms with Crippen molar-refractivity contribution in [2.24, 2.45) is 12.1 Å². The van der Waals surface area contributed by atoms with E-state index < -0.39 is 5.91 Å². The van der Waals surface area contributed by atoms with Crippen LogP contribution in [0, 0.1) is 0 Å². The van der Waals surface area contributed by atoms with E-state index in [9.17, 15) is 9.59 Å². The van der Waals surface area contributed by atoms with Crippen LogP contribution in [-0.4, -0.2) is 16.7 Å². The van der Waals surface area contributed by atoms with Gasteiger partial charge in [-0.3, -0.25) is 9.59 Å². The van der Waals surface area contributed by atoms with Gasteiger partial charge >= 0.3 is 0 Å². The second-order valence-electron chi connectivity index (χ2n) is 6.69. The van der Waals surface area contributed by atoms with Crippen LogP contribution in [0.2, 0.25) is 0 Å². The Labute approximate surface area is 167 Å². The van der Waals surface area contributed by atoms with Crippen molar-refractivity contribution in [1.82, 2.24) is 9.99 Å². The van der Waals surface area contributed by atoms with E-state index in [2.05, 4.69) is 10.5 Å². The molecule has 4 aromatic rings. The first-order chi connectivity index (χ1) is 14.1. The summed E-state index contributed by atoms with van der Waals surface area (Å²) in [5.41, 5.74) is 6.05. The third-order valence-electron chi connectivity index (χ3n) is 4.74. The molecule has 0 spiro atoms. The summed E-state index contributed by atoms with van der Waals surface area (Å²) < 4.78 is 1.76. The van der Waals surface area contributed by atoms with E-state index in [0.29, 0.717) is 5.39 Å². The average Bonchev–Trinajstić information content (AvgIpc) is 2.77. The molecule has 0 aliphatic heterocycles. The monoisotopic (exact) mass is 381 g/mol. The third kappa shape index (κ3) is 3.84. The molecule has 1 amide bonds. The fraction of sp³-hybridized carbons (Fsp3) is 0.0417. The molecule has 0 unspecified atom stereocenters. The molecule has 3 aromatic carbocycles. The number of amides is 1. The lowest BCUT2D eigenvalue weighted by Crippen LogP contribution is -2.26. The molecule has 0 atom stereocenters. The fourth-order valence-electron chi connectivity index (χ4n) is 3.22. The first kappa shape index (κ1) is 18.4. The Bertz CT molecular complexity index is 1260. The number of aromatic nitrogens is 1. The molecular weight excluding hydrogens is 362 g/mol. The highest BCUT2D eigenvalue weighted by Crippen LogP contribution is 2.18. The smallest absolute Gasteiger partial charge is 0.276 e. The quantitative estimate of drug-likeness (QED) is 0.429. The van der Waals surface area contributed by atoms with Crippen molar-refractivity contribution < 1.29 is 4.79 Å². The summed E-state index contributed by atoms with van der Waals surface area (Å²) >= 11 is 0. The van der Waals surface area contributed by atoms with Crippen LogP contribution in [0.15, 0.2) is 95.0 Å². The second-order valence-corrected chi connectivity index (χ2v) is 6.69. The number of benzene rings is 3. The maximum Gasteiger partial charge on any atom is 0.276 e. The molecule has 4 rings (SSSR count). The van der Waals surface area contributed by atoms with Gasteiger partial charge in [-0.1, -0.05) is 66.7 Å². The lowest BCUT2D eigenvalue weighted by molar-refractivity contribution is 0.0953. The number of fused-ring (bicyclic) bond motifs is 1. The van der Waals surface area contributed by atoms with Crippen molar-refractivity contribution in [2.75, 3.05) is 0 Å². The Morgan fingerprint density at radius 2 is 1.55 bits per heavy atom. The topological polar surface area (TPSA) is 63.5 Å². The van der Waals surface area contributed by atoms with E-state index in [1.165, 1.54) is 6.20 Å². The van der Waals surface area contributed by atoms with Crippen molar-refractivity contribution >= 4 is 23.0 Å². The van der Waals surface area contributed by atoms with Crippen LogP contribution in [-0.2, 0) is 7.05 Å². The van der Waals surface area contributed by atoms with E-state index in [0.717, 1.165) is 22.2 Å². The first-order valence-electron chi connectivity index (χ1n) is 9.21. The SMILES string of the molecule is Cn1cc(C(=O)N/N=C/c2ccc(-c3ccccc3)cc2)c(=O)c2ccccc21. The van der Waals surface area contributed by atoms with Gasteiger partial charge in [0.25, 0.3) is 5.91 Å². The second kappa shape index (κ2) is 7.94. The van der Waals surface area contributed by atoms with Crippen molar-refractivity contribution in [2.45, 2.75) is 0 Å². The summed E-state index contributed by atoms with van der Waals surface area (Å²) in [6.07, 6.45) is 3.09. The average molecular weight is 381 g/mol. The molecule has 142 valence electrons. The molecule has 5 nitrogen and oxygen atoms in total. The van der Waals surface area contributed by atoms with Crippen molar-refractivity contribution in [1.29, 1.82) is 0 Å². The van der Waals surface area contributed by atoms with Gasteiger partial charge in [-0.15, -0.1) is 0 Å². The lowest BCUT2D eigenvalue weighted by atomic mass is 10.0. The normalized spacial score (nSPS) is 11.1. The third-order valence-corrected chi connectivity index (χ3v) is 4.74. The summed E-state index contributed by atoms with van der Waals surface area (Å²) in [6.45, 7) is 0. The van der Waals surface area contributed by atoms with Gasteiger partial charge in [0, 0.05) is 18.6 Å². The zero-order valence-electron chi connectivity index (χ0n) is 15.9. The number of rotatable bonds is 4. The zero-order valence-corrected chi connectivity index (χ0v) is 15.9. The van der Waals surface area contributed by atoms with Crippen LogP contribution in [0.5, 0.6) is 0 Å². The molecule has 0 aliphatic rings. The molecular formula is C24H19N3O2. The Kier molecular flexibility index (Phi) is 5.03. The fourth-order valence-corrected chi connectivity index (χ4v) is 3.22. The van der Waals surface area contributed by atoms with Crippen LogP contribution in [0.3, 0.4) is 0 Å². The Hall–Kier alpha value is -3.99. The number of para-hydroxylation sites is 1. The van der Waals surface area contributed by atoms with Crippen LogP contribution in [0.25, 0.3) is 22.0 Å². The van der Waals surface area contributed by atoms with Gasteiger partial charge in [-0.25, -0.2) is 5.43 Å². The van der Waals surface area contributed by atoms with Crippen molar-refractivity contribution in [3.8, 4) is 11.1 Å². The van der Waals surface area contributed by atoms with Gasteiger partial charge < -0.3 is 4.57 Å². The standard InChI is InChI=1S/C24H19N3O2/c1-27-16-21(23(28)20-9-5-6-10-22(20)27)24(29)26-25-15-17-11-13-19(14-12-17)18-7-3-2-4-8-18/h2-16H,1H3,(H,26,29)/b25-15+. The lowest BCUT2D eigenvalue weighted by Gasteiger charge is -2.07. The molecule has 0 bridgehead atoms. The molecule has 1 aromatic heterocycles. The van der Waals surface area contributed by atoms with Crippen LogP contribution in [0.4, 0.5) is 0 Å². The number of hydrogen-bond donors (Lipinski definition) is 1. The van der Waals surface area contributed by atoms with E-state index in [-0.39, 0.29) is 11.0 Å². The van der Waals surface area contributed by atoms with Gasteiger partial charge in [0.05, 0.1) is 11.7 Å². The summed E-state index contributed by atoms with van der Waals surface area (Å²) in [6, 6.07) is 25.1. The van der Waals surface area contributed by atoms with Gasteiger partial charge in [0.15, 0.2) is 0 Å². The minimum Gasteiger partial charge on any atom is -0.350 e. The number of hydrogen-bond acceptors (Lipinski definition) is 3. The summed E-state index contributed by atoms with van der Waals surface area (Å²) in [4.78, 5) is 25.1. The van der Waals surface area contributed by atoms with Crippen LogP contribution >= 0.6 is 0 Å². The zero-order chi connectivity index (χ0) is 20.2. The Morgan fingerprint density at radius 1 is 0.897 bits per heavy atom. The highest BCUT2D eigenvalue weighted by molar-refractivity contribution is 5.97. The minimum atomic E-state index is -0.534. The highest BCUT2D eigenvalue weighted by atomic mass is 16.2. The molecule has 0 aliphatic carbocycles. The van der Waals surface area contributed by atoms with Gasteiger partial charge in [0.2, 0.25) is 5.43 Å². The maximum atomic E-state index is 12.6. The van der Waals surface area contributed by atoms with Gasteiger partial charge in [-0.2, -0.15) is 5.10 Å². The van der Waals surface area contributed by atoms with Gasteiger partial charge in [0.1, 0.15) is 5.56 Å². The van der Waals surface area contributed by atoms with E-state index in [4.69, 9.17) is 0 Å². The van der Waals surface area contributed by atoms with Crippen molar-refractivity contribution in [3.63, 3.8) is 0 Å². The summed E-state index contributed by atoms with van der Waals surface area (Å²) in [7, 11) is 1.80. The maximum absolute atomic E-state index is 12.6. The first-order valence-corrected chi connectivity index (χ1v) is 9.21. The number of carbonyl (C=O) groups excluding carboxylic acids is 1. The highest BCUT2D eigenvalue weighted by Gasteiger charge is 2.13. The molecule has 29 heavy (non-hydrogen) atoms. The summed E-state index contributed by atoms with van der Waals surface area (Å²) in [5, 5.41) is 4.50. The molecule has 0 fully saturated rings. The number of nitrogens with zero attached hydrogens (tertiary/aromatic N) is 2. The molecule has 1 N–H and O–H groups in total. The van der Waals surface area contributed by atoms with E-state index in [1.54, 1.807) is 30.0 Å². The number of nitrogens with one attached hydrogen (secondary N) is 1. The molecule has 1 heterocycles. The predicted molar refractivity (Wildman–Crippen MR) is 116 cm³/mol. The summed E-state index contributed by atoms with van der Waals surface area (Å²) in [5.74, 6) is -0.534. The molecule has 0 saturated carbocycles. The van der Waals surface area contributed by atoms with Crippen LogP contribution in [0.1, 0.15) is 15.9 Å². The van der Waals surface area contributed by atoms with Crippen molar-refractivity contribution in [3.05, 3.63) is 106 Å². The Morgan fingerprint density at radius 3 is 2.31 bits per heavy atom. The van der Waals surface area contributed by atoms with Gasteiger partial charge in [-0.05, 0) is 28.8 Å². The van der Waals surface area contributed by atoms with E-state index in [1.807, 2.05) is 66.7 Å². The van der Waals surface area contributed by atoms with E-state index >= 15 is 0 Å². The van der Waals surface area contributed by atoms with Crippen LogP contribution < -0.4 is 10.9 Å². The number of carbonyl (C=O) groups is 1. The molecule has 5 heteroatoms. The minimum absolute atomic E-state index is 0.0581. The number of aryl methyl sites for hydroxylation is 1. The largest absolute Gasteiger partial charge is 0.350 e. The number of pyridine rings is 1. The molecule has 0 saturated heterocycles. The predicted octanol–water partition coefficient (Wildman–Crippen LogP) is 3.97. The molecule has 0 radical (unpaired) electrons.